The Labute approximate surface area is 91.1 Å². The molecule has 1 aromatic rings. The molecule has 88 valence electrons. The van der Waals surface area contributed by atoms with E-state index < -0.39 is 11.7 Å². The number of aromatic nitrogens is 1. The molecule has 0 radical (unpaired) electrons. The summed E-state index contributed by atoms with van der Waals surface area (Å²) < 4.78 is 37.4. The van der Waals surface area contributed by atoms with Crippen LogP contribution in [0.15, 0.2) is 18.5 Å². The smallest absolute Gasteiger partial charge is 0.314 e. The second-order valence-corrected chi connectivity index (χ2v) is 3.72. The molecule has 1 unspecified atom stereocenters. The molecule has 0 aromatic carbocycles. The van der Waals surface area contributed by atoms with E-state index in [4.69, 9.17) is 0 Å². The number of halogens is 3. The molecule has 2 N–H and O–H groups in total. The molecule has 0 spiro atoms. The number of nitrogens with one attached hydrogen (secondary N) is 2. The normalized spacial score (nSPS) is 22.1. The van der Waals surface area contributed by atoms with Crippen molar-refractivity contribution in [1.29, 1.82) is 0 Å². The average molecular weight is 231 g/mol. The minimum atomic E-state index is -4.33. The standard InChI is InChI=1S/C10H12F3N3/c11-10(12,13)8-3-7(4-15-5-8)9-6-14-1-2-16-9/h3-5,9,14,16H,1-2,6H2. The van der Waals surface area contributed by atoms with Gasteiger partial charge in [-0.05, 0) is 11.6 Å². The zero-order chi connectivity index (χ0) is 11.6. The Balaban J connectivity index is 2.21. The summed E-state index contributed by atoms with van der Waals surface area (Å²) in [6.07, 6.45) is -2.01. The summed E-state index contributed by atoms with van der Waals surface area (Å²) in [6.45, 7) is 2.22. The van der Waals surface area contributed by atoms with Crippen molar-refractivity contribution in [2.45, 2.75) is 12.2 Å². The van der Waals surface area contributed by atoms with Crippen LogP contribution in [0, 0.1) is 0 Å². The summed E-state index contributed by atoms with van der Waals surface area (Å²) >= 11 is 0. The fourth-order valence-electron chi connectivity index (χ4n) is 1.69. The van der Waals surface area contributed by atoms with Crippen LogP contribution >= 0.6 is 0 Å². The topological polar surface area (TPSA) is 37.0 Å². The molecule has 1 saturated heterocycles. The number of alkyl halides is 3. The maximum atomic E-state index is 12.5. The van der Waals surface area contributed by atoms with Crippen LogP contribution in [-0.2, 0) is 6.18 Å². The molecule has 0 bridgehead atoms. The first-order chi connectivity index (χ1) is 7.57. The lowest BCUT2D eigenvalue weighted by Gasteiger charge is -2.25. The van der Waals surface area contributed by atoms with Crippen molar-refractivity contribution in [3.8, 4) is 0 Å². The van der Waals surface area contributed by atoms with Gasteiger partial charge in [0.15, 0.2) is 0 Å². The third kappa shape index (κ3) is 2.51. The van der Waals surface area contributed by atoms with Crippen LogP contribution < -0.4 is 10.6 Å². The molecule has 1 aliphatic rings. The first kappa shape index (κ1) is 11.3. The minimum absolute atomic E-state index is 0.0939. The van der Waals surface area contributed by atoms with Crippen molar-refractivity contribution in [3.63, 3.8) is 0 Å². The van der Waals surface area contributed by atoms with Gasteiger partial charge in [-0.1, -0.05) is 0 Å². The third-order valence-electron chi connectivity index (χ3n) is 2.53. The van der Waals surface area contributed by atoms with E-state index in [2.05, 4.69) is 15.6 Å². The van der Waals surface area contributed by atoms with Crippen LogP contribution in [0.2, 0.25) is 0 Å². The molecule has 2 heterocycles. The summed E-state index contributed by atoms with van der Waals surface area (Å²) in [5.74, 6) is 0. The van der Waals surface area contributed by atoms with Crippen molar-refractivity contribution in [3.05, 3.63) is 29.6 Å². The zero-order valence-corrected chi connectivity index (χ0v) is 8.51. The van der Waals surface area contributed by atoms with E-state index in [1.54, 1.807) is 0 Å². The summed E-state index contributed by atoms with van der Waals surface area (Å²) in [6, 6.07) is 1.06. The maximum absolute atomic E-state index is 12.5. The molecule has 6 heteroatoms. The molecule has 16 heavy (non-hydrogen) atoms. The van der Waals surface area contributed by atoms with E-state index in [1.165, 1.54) is 6.20 Å². The number of hydrogen-bond donors (Lipinski definition) is 2. The quantitative estimate of drug-likeness (QED) is 0.765. The third-order valence-corrected chi connectivity index (χ3v) is 2.53. The Morgan fingerprint density at radius 2 is 2.06 bits per heavy atom. The highest BCUT2D eigenvalue weighted by molar-refractivity contribution is 5.24. The second kappa shape index (κ2) is 4.39. The lowest BCUT2D eigenvalue weighted by atomic mass is 10.1. The highest BCUT2D eigenvalue weighted by atomic mass is 19.4. The van der Waals surface area contributed by atoms with Crippen molar-refractivity contribution in [2.75, 3.05) is 19.6 Å². The predicted molar refractivity (Wildman–Crippen MR) is 52.9 cm³/mol. The molecule has 0 saturated carbocycles. The van der Waals surface area contributed by atoms with Gasteiger partial charge in [0.05, 0.1) is 5.56 Å². The summed E-state index contributed by atoms with van der Waals surface area (Å²) in [4.78, 5) is 3.64. The van der Waals surface area contributed by atoms with Crippen LogP contribution in [-0.4, -0.2) is 24.6 Å². The number of pyridine rings is 1. The van der Waals surface area contributed by atoms with Gasteiger partial charge < -0.3 is 10.6 Å². The van der Waals surface area contributed by atoms with Crippen LogP contribution in [0.25, 0.3) is 0 Å². The van der Waals surface area contributed by atoms with Crippen LogP contribution in [0.4, 0.5) is 13.2 Å². The highest BCUT2D eigenvalue weighted by Gasteiger charge is 2.31. The highest BCUT2D eigenvalue weighted by Crippen LogP contribution is 2.30. The summed E-state index contributed by atoms with van der Waals surface area (Å²) in [7, 11) is 0. The molecule has 1 aromatic heterocycles. The minimum Gasteiger partial charge on any atom is -0.314 e. The van der Waals surface area contributed by atoms with Gasteiger partial charge in [0, 0.05) is 38.1 Å². The van der Waals surface area contributed by atoms with Crippen molar-refractivity contribution >= 4 is 0 Å². The molecule has 0 amide bonds. The van der Waals surface area contributed by atoms with Gasteiger partial charge in [-0.25, -0.2) is 0 Å². The molecule has 0 aliphatic carbocycles. The first-order valence-corrected chi connectivity index (χ1v) is 5.03. The van der Waals surface area contributed by atoms with Gasteiger partial charge in [-0.2, -0.15) is 13.2 Å². The van der Waals surface area contributed by atoms with E-state index >= 15 is 0 Å². The summed E-state index contributed by atoms with van der Waals surface area (Å²) in [5.41, 5.74) is -0.126. The molecular formula is C10H12F3N3. The van der Waals surface area contributed by atoms with E-state index in [-0.39, 0.29) is 6.04 Å². The predicted octanol–water partition coefficient (Wildman–Crippen LogP) is 1.33. The molecule has 3 nitrogen and oxygen atoms in total. The number of piperazine rings is 1. The average Bonchev–Trinajstić information content (AvgIpc) is 2.29. The Hall–Kier alpha value is -1.14. The lowest BCUT2D eigenvalue weighted by molar-refractivity contribution is -0.137. The molecule has 1 atom stereocenters. The molecule has 1 aliphatic heterocycles. The van der Waals surface area contributed by atoms with E-state index in [0.717, 1.165) is 25.4 Å². The number of nitrogens with zero attached hydrogens (tertiary/aromatic N) is 1. The SMILES string of the molecule is FC(F)(F)c1cncc(C2CNCCN2)c1. The number of hydrogen-bond acceptors (Lipinski definition) is 3. The fourth-order valence-corrected chi connectivity index (χ4v) is 1.69. The lowest BCUT2D eigenvalue weighted by Crippen LogP contribution is -2.42. The number of rotatable bonds is 1. The van der Waals surface area contributed by atoms with Gasteiger partial charge in [0.2, 0.25) is 0 Å². The van der Waals surface area contributed by atoms with Crippen molar-refractivity contribution in [2.24, 2.45) is 0 Å². The Bertz CT molecular complexity index is 359. The van der Waals surface area contributed by atoms with E-state index in [0.29, 0.717) is 12.1 Å². The second-order valence-electron chi connectivity index (χ2n) is 3.72. The van der Waals surface area contributed by atoms with Gasteiger partial charge in [-0.3, -0.25) is 4.98 Å². The monoisotopic (exact) mass is 231 g/mol. The summed E-state index contributed by atoms with van der Waals surface area (Å²) in [5, 5.41) is 6.26. The Kier molecular flexibility index (Phi) is 3.11. The van der Waals surface area contributed by atoms with E-state index in [9.17, 15) is 13.2 Å². The maximum Gasteiger partial charge on any atom is 0.417 e. The van der Waals surface area contributed by atoms with Gasteiger partial charge in [0.1, 0.15) is 0 Å². The molecular weight excluding hydrogens is 219 g/mol. The van der Waals surface area contributed by atoms with Crippen molar-refractivity contribution in [1.82, 2.24) is 15.6 Å². The zero-order valence-electron chi connectivity index (χ0n) is 8.51. The first-order valence-electron chi connectivity index (χ1n) is 5.03. The fraction of sp³-hybridized carbons (Fsp3) is 0.500. The van der Waals surface area contributed by atoms with Gasteiger partial charge in [0.25, 0.3) is 0 Å². The molecule has 2 rings (SSSR count). The van der Waals surface area contributed by atoms with Crippen LogP contribution in [0.5, 0.6) is 0 Å². The largest absolute Gasteiger partial charge is 0.417 e. The van der Waals surface area contributed by atoms with Crippen molar-refractivity contribution < 1.29 is 13.2 Å². The van der Waals surface area contributed by atoms with E-state index in [1.807, 2.05) is 0 Å². The van der Waals surface area contributed by atoms with Gasteiger partial charge in [-0.15, -0.1) is 0 Å². The molecule has 1 fully saturated rings. The van der Waals surface area contributed by atoms with Gasteiger partial charge >= 0.3 is 6.18 Å². The van der Waals surface area contributed by atoms with Crippen LogP contribution in [0.3, 0.4) is 0 Å². The van der Waals surface area contributed by atoms with Crippen LogP contribution in [0.1, 0.15) is 17.2 Å². The Morgan fingerprint density at radius 3 is 2.69 bits per heavy atom. The Morgan fingerprint density at radius 1 is 1.25 bits per heavy atom.